The molecule has 54 heavy (non-hydrogen) atoms. The van der Waals surface area contributed by atoms with Crippen LogP contribution in [0.25, 0.3) is 0 Å². The average molecular weight is 737 g/mol. The lowest BCUT2D eigenvalue weighted by Crippen LogP contribution is -2.54. The van der Waals surface area contributed by atoms with E-state index in [2.05, 4.69) is 97.9 Å². The van der Waals surface area contributed by atoms with Gasteiger partial charge in [-0.15, -0.1) is 11.8 Å². The maximum Gasteiger partial charge on any atom is 0.127 e. The average Bonchev–Trinajstić information content (AvgIpc) is 3.23. The number of rotatable bonds is 17. The molecule has 1 fully saturated rings. The third-order valence-corrected chi connectivity index (χ3v) is 11.2. The predicted octanol–water partition coefficient (Wildman–Crippen LogP) is 11.2. The molecule has 0 radical (unpaired) electrons. The molecule has 0 spiro atoms. The normalized spacial score (nSPS) is 19.7. The highest BCUT2D eigenvalue weighted by Crippen LogP contribution is 2.48. The lowest BCUT2D eigenvalue weighted by molar-refractivity contribution is -0.160. The highest BCUT2D eigenvalue weighted by molar-refractivity contribution is 8.00. The number of benzene rings is 6. The van der Waals surface area contributed by atoms with E-state index in [1.165, 1.54) is 5.56 Å². The summed E-state index contributed by atoms with van der Waals surface area (Å²) in [4.78, 5) is 0. The van der Waals surface area contributed by atoms with E-state index >= 15 is 0 Å². The Hall–Kier alpha value is -4.69. The Morgan fingerprint density at radius 2 is 0.944 bits per heavy atom. The summed E-state index contributed by atoms with van der Waals surface area (Å²) in [6.07, 6.45) is -0.119. The van der Waals surface area contributed by atoms with E-state index in [4.69, 9.17) is 23.7 Å². The van der Waals surface area contributed by atoms with Gasteiger partial charge in [-0.25, -0.2) is 0 Å². The fraction of sp³-hybridized carbons (Fsp3) is 0.250. The molecule has 0 bridgehead atoms. The van der Waals surface area contributed by atoms with Crippen LogP contribution in [0.3, 0.4) is 0 Å². The van der Waals surface area contributed by atoms with Gasteiger partial charge >= 0.3 is 0 Å². The maximum atomic E-state index is 7.02. The Balaban J connectivity index is 1.24. The van der Waals surface area contributed by atoms with Gasteiger partial charge in [0.1, 0.15) is 29.8 Å². The number of aryl methyl sites for hydroxylation is 1. The SMILES string of the molecule is CCc1ccc(Oc2cccc([C@@H]3S[C@H](COCc4ccccc4)[C@@H](OCc4ccccc4)[C@H](OCc4ccccc4)[C@H]3OCc3ccccc3)c2)cc1. The van der Waals surface area contributed by atoms with E-state index in [1.54, 1.807) is 0 Å². The lowest BCUT2D eigenvalue weighted by Gasteiger charge is -2.46. The second-order valence-electron chi connectivity index (χ2n) is 13.6. The van der Waals surface area contributed by atoms with E-state index in [0.717, 1.165) is 45.7 Å². The number of ether oxygens (including phenoxy) is 5. The van der Waals surface area contributed by atoms with Crippen LogP contribution in [-0.4, -0.2) is 30.2 Å². The van der Waals surface area contributed by atoms with Crippen LogP contribution in [0.15, 0.2) is 170 Å². The molecule has 0 saturated carbocycles. The Morgan fingerprint density at radius 1 is 0.444 bits per heavy atom. The number of thioether (sulfide) groups is 1. The second-order valence-corrected chi connectivity index (χ2v) is 14.9. The molecule has 0 aromatic heterocycles. The molecule has 0 unspecified atom stereocenters. The van der Waals surface area contributed by atoms with Crippen LogP contribution in [-0.2, 0) is 51.8 Å². The fourth-order valence-corrected chi connectivity index (χ4v) is 8.37. The first-order valence-corrected chi connectivity index (χ1v) is 19.8. The quantitative estimate of drug-likeness (QED) is 0.0929. The minimum absolute atomic E-state index is 0.0639. The molecule has 1 saturated heterocycles. The summed E-state index contributed by atoms with van der Waals surface area (Å²) in [6, 6.07) is 58.0. The van der Waals surface area contributed by atoms with Gasteiger partial charge in [0.15, 0.2) is 0 Å². The summed E-state index contributed by atoms with van der Waals surface area (Å²) < 4.78 is 33.9. The minimum atomic E-state index is -0.416. The van der Waals surface area contributed by atoms with Crippen LogP contribution < -0.4 is 4.74 Å². The van der Waals surface area contributed by atoms with Crippen molar-refractivity contribution in [2.75, 3.05) is 6.61 Å². The zero-order valence-corrected chi connectivity index (χ0v) is 31.6. The molecule has 1 heterocycles. The third-order valence-electron chi connectivity index (χ3n) is 9.64. The molecule has 1 aliphatic rings. The van der Waals surface area contributed by atoms with Gasteiger partial charge in [-0.05, 0) is 64.1 Å². The molecular formula is C48H48O5S. The van der Waals surface area contributed by atoms with Crippen molar-refractivity contribution in [2.45, 2.75) is 68.6 Å². The van der Waals surface area contributed by atoms with Crippen molar-refractivity contribution in [3.8, 4) is 11.5 Å². The Labute approximate surface area is 324 Å². The molecule has 0 amide bonds. The van der Waals surface area contributed by atoms with Gasteiger partial charge in [0.05, 0.1) is 43.5 Å². The molecule has 1 aliphatic heterocycles. The van der Waals surface area contributed by atoms with Gasteiger partial charge in [0.2, 0.25) is 0 Å². The summed E-state index contributed by atoms with van der Waals surface area (Å²) in [5, 5.41) is -0.173. The van der Waals surface area contributed by atoms with Crippen LogP contribution in [0.2, 0.25) is 0 Å². The third kappa shape index (κ3) is 10.5. The Bertz CT molecular complexity index is 1960. The molecule has 6 aromatic rings. The van der Waals surface area contributed by atoms with Crippen molar-refractivity contribution in [1.29, 1.82) is 0 Å². The highest BCUT2D eigenvalue weighted by Gasteiger charge is 2.48. The Morgan fingerprint density at radius 3 is 1.48 bits per heavy atom. The zero-order valence-electron chi connectivity index (χ0n) is 30.7. The molecule has 5 nitrogen and oxygen atoms in total. The first kappa shape index (κ1) is 37.6. The zero-order chi connectivity index (χ0) is 36.8. The molecule has 0 aliphatic carbocycles. The molecule has 6 aromatic carbocycles. The highest BCUT2D eigenvalue weighted by atomic mass is 32.2. The monoisotopic (exact) mass is 736 g/mol. The first-order valence-electron chi connectivity index (χ1n) is 18.8. The molecule has 6 heteroatoms. The van der Waals surface area contributed by atoms with Gasteiger partial charge in [0.25, 0.3) is 0 Å². The smallest absolute Gasteiger partial charge is 0.127 e. The Kier molecular flexibility index (Phi) is 13.6. The molecular weight excluding hydrogens is 689 g/mol. The van der Waals surface area contributed by atoms with E-state index in [9.17, 15) is 0 Å². The fourth-order valence-electron chi connectivity index (χ4n) is 6.74. The van der Waals surface area contributed by atoms with Gasteiger partial charge in [-0.1, -0.05) is 153 Å². The summed E-state index contributed by atoms with van der Waals surface area (Å²) in [5.41, 5.74) is 6.81. The lowest BCUT2D eigenvalue weighted by atomic mass is 9.95. The molecule has 7 rings (SSSR count). The second kappa shape index (κ2) is 19.6. The van der Waals surface area contributed by atoms with Crippen LogP contribution in [0, 0.1) is 0 Å². The first-order chi connectivity index (χ1) is 26.7. The van der Waals surface area contributed by atoms with E-state index in [0.29, 0.717) is 33.0 Å². The summed E-state index contributed by atoms with van der Waals surface area (Å²) in [5.74, 6) is 1.59. The predicted molar refractivity (Wildman–Crippen MR) is 218 cm³/mol. The van der Waals surface area contributed by atoms with Crippen molar-refractivity contribution in [1.82, 2.24) is 0 Å². The van der Waals surface area contributed by atoms with Crippen molar-refractivity contribution in [3.05, 3.63) is 203 Å². The molecule has 0 N–H and O–H groups in total. The largest absolute Gasteiger partial charge is 0.457 e. The topological polar surface area (TPSA) is 46.2 Å². The van der Waals surface area contributed by atoms with Gasteiger partial charge in [0, 0.05) is 0 Å². The summed E-state index contributed by atoms with van der Waals surface area (Å²) in [6.45, 7) is 4.46. The van der Waals surface area contributed by atoms with E-state index < -0.39 is 6.10 Å². The summed E-state index contributed by atoms with van der Waals surface area (Å²) in [7, 11) is 0. The van der Waals surface area contributed by atoms with Crippen molar-refractivity contribution < 1.29 is 23.7 Å². The van der Waals surface area contributed by atoms with E-state index in [-0.39, 0.29) is 22.7 Å². The minimum Gasteiger partial charge on any atom is -0.457 e. The standard InChI is InChI=1S/C48H48O5S/c1-2-36-26-28-42(29-27-36)53-43-25-15-24-41(30-43)48-47(52-34-40-22-13-6-14-23-40)46(51-33-39-20-11-5-12-21-39)45(50-32-38-18-9-4-10-19-38)44(54-48)35-49-31-37-16-7-3-8-17-37/h3-30,44-48H,2,31-35H2,1H3/t44-,45-,46+,47-,48+/m1/s1. The van der Waals surface area contributed by atoms with Crippen molar-refractivity contribution >= 4 is 11.8 Å². The van der Waals surface area contributed by atoms with Crippen LogP contribution in [0.5, 0.6) is 11.5 Å². The van der Waals surface area contributed by atoms with Gasteiger partial charge in [-0.3, -0.25) is 0 Å². The summed E-state index contributed by atoms with van der Waals surface area (Å²) >= 11 is 1.84. The van der Waals surface area contributed by atoms with Gasteiger partial charge in [-0.2, -0.15) is 0 Å². The van der Waals surface area contributed by atoms with Crippen LogP contribution in [0.4, 0.5) is 0 Å². The molecule has 5 atom stereocenters. The number of hydrogen-bond acceptors (Lipinski definition) is 6. The van der Waals surface area contributed by atoms with Crippen molar-refractivity contribution in [3.63, 3.8) is 0 Å². The molecule has 276 valence electrons. The number of hydrogen-bond donors (Lipinski definition) is 0. The van der Waals surface area contributed by atoms with E-state index in [1.807, 2.05) is 90.6 Å². The van der Waals surface area contributed by atoms with Crippen molar-refractivity contribution in [2.24, 2.45) is 0 Å². The van der Waals surface area contributed by atoms with Gasteiger partial charge < -0.3 is 23.7 Å². The van der Waals surface area contributed by atoms with Crippen LogP contribution >= 0.6 is 11.8 Å². The maximum absolute atomic E-state index is 7.02. The van der Waals surface area contributed by atoms with Crippen LogP contribution in [0.1, 0.15) is 45.6 Å².